The summed E-state index contributed by atoms with van der Waals surface area (Å²) in [4.78, 5) is 0.328. The smallest absolute Gasteiger partial charge is 0.240 e. The van der Waals surface area contributed by atoms with E-state index in [2.05, 4.69) is 4.72 Å². The molecule has 1 aromatic carbocycles. The van der Waals surface area contributed by atoms with E-state index in [4.69, 9.17) is 10.5 Å². The maximum Gasteiger partial charge on any atom is 0.240 e. The van der Waals surface area contributed by atoms with Crippen LogP contribution in [-0.4, -0.2) is 26.6 Å². The quantitative estimate of drug-likeness (QED) is 0.887. The molecule has 1 heterocycles. The summed E-state index contributed by atoms with van der Waals surface area (Å²) in [5, 5.41) is 0. The number of ether oxygens (including phenoxy) is 1. The highest BCUT2D eigenvalue weighted by molar-refractivity contribution is 7.89. The van der Waals surface area contributed by atoms with Crippen molar-refractivity contribution in [1.29, 1.82) is 0 Å². The molecule has 1 atom stereocenters. The number of sulfonamides is 1. The van der Waals surface area contributed by atoms with Gasteiger partial charge >= 0.3 is 0 Å². The number of nitrogens with one attached hydrogen (secondary N) is 1. The standard InChI is InChI=1S/C15H22N2O3S/c1-10-8-11-9-14(6-7-15(11)20-10)21(18,19)17-13-4-2-12(16)3-5-13/h6-7,9-10,12-13,17H,2-5,8,16H2,1H3. The molecule has 1 aliphatic heterocycles. The van der Waals surface area contributed by atoms with Gasteiger partial charge in [0.15, 0.2) is 0 Å². The second-order valence-corrected chi connectivity index (χ2v) is 7.85. The zero-order chi connectivity index (χ0) is 15.0. The molecule has 0 aromatic heterocycles. The first-order valence-electron chi connectivity index (χ1n) is 7.51. The molecule has 0 radical (unpaired) electrons. The Kier molecular flexibility index (Phi) is 3.94. The summed E-state index contributed by atoms with van der Waals surface area (Å²) in [6.45, 7) is 1.98. The van der Waals surface area contributed by atoms with Crippen molar-refractivity contribution < 1.29 is 13.2 Å². The molecule has 0 spiro atoms. The fourth-order valence-electron chi connectivity index (χ4n) is 3.09. The summed E-state index contributed by atoms with van der Waals surface area (Å²) < 4.78 is 33.4. The minimum absolute atomic E-state index is 0.00164. The molecule has 1 aliphatic carbocycles. The number of nitrogens with two attached hydrogens (primary N) is 1. The van der Waals surface area contributed by atoms with Crippen molar-refractivity contribution in [3.63, 3.8) is 0 Å². The SMILES string of the molecule is CC1Cc2cc(S(=O)(=O)NC3CCC(N)CC3)ccc2O1. The largest absolute Gasteiger partial charge is 0.490 e. The highest BCUT2D eigenvalue weighted by Crippen LogP contribution is 2.31. The molecule has 0 saturated heterocycles. The van der Waals surface area contributed by atoms with E-state index in [1.54, 1.807) is 18.2 Å². The van der Waals surface area contributed by atoms with Crippen molar-refractivity contribution >= 4 is 10.0 Å². The van der Waals surface area contributed by atoms with Crippen LogP contribution in [-0.2, 0) is 16.4 Å². The van der Waals surface area contributed by atoms with Crippen LogP contribution in [0.2, 0.25) is 0 Å². The summed E-state index contributed by atoms with van der Waals surface area (Å²) in [5.41, 5.74) is 6.82. The second kappa shape index (κ2) is 5.59. The van der Waals surface area contributed by atoms with Gasteiger partial charge in [-0.15, -0.1) is 0 Å². The van der Waals surface area contributed by atoms with Gasteiger partial charge in [0, 0.05) is 18.5 Å². The number of hydrogen-bond donors (Lipinski definition) is 2. The van der Waals surface area contributed by atoms with Crippen molar-refractivity contribution in [3.05, 3.63) is 23.8 Å². The Morgan fingerprint density at radius 1 is 1.24 bits per heavy atom. The Labute approximate surface area is 125 Å². The van der Waals surface area contributed by atoms with Gasteiger partial charge < -0.3 is 10.5 Å². The van der Waals surface area contributed by atoms with Gasteiger partial charge in [-0.05, 0) is 56.4 Å². The van der Waals surface area contributed by atoms with Crippen molar-refractivity contribution in [1.82, 2.24) is 4.72 Å². The molecule has 1 saturated carbocycles. The molecule has 1 unspecified atom stereocenters. The molecule has 5 nitrogen and oxygen atoms in total. The number of benzene rings is 1. The maximum absolute atomic E-state index is 12.5. The van der Waals surface area contributed by atoms with Gasteiger partial charge in [0.1, 0.15) is 11.9 Å². The van der Waals surface area contributed by atoms with Gasteiger partial charge in [0.2, 0.25) is 10.0 Å². The average molecular weight is 310 g/mol. The third-order valence-electron chi connectivity index (χ3n) is 4.27. The highest BCUT2D eigenvalue weighted by atomic mass is 32.2. The molecule has 2 aliphatic rings. The predicted molar refractivity (Wildman–Crippen MR) is 80.8 cm³/mol. The Hall–Kier alpha value is -1.11. The minimum atomic E-state index is -3.46. The van der Waals surface area contributed by atoms with Crippen molar-refractivity contribution in [2.75, 3.05) is 0 Å². The topological polar surface area (TPSA) is 81.4 Å². The number of hydrogen-bond acceptors (Lipinski definition) is 4. The van der Waals surface area contributed by atoms with Gasteiger partial charge in [-0.3, -0.25) is 0 Å². The minimum Gasteiger partial charge on any atom is -0.490 e. The first-order chi connectivity index (χ1) is 9.94. The van der Waals surface area contributed by atoms with Crippen molar-refractivity contribution in [2.24, 2.45) is 5.73 Å². The van der Waals surface area contributed by atoms with Crippen LogP contribution in [0.3, 0.4) is 0 Å². The normalized spacial score (nSPS) is 29.0. The molecular formula is C15H22N2O3S. The van der Waals surface area contributed by atoms with E-state index >= 15 is 0 Å². The van der Waals surface area contributed by atoms with Gasteiger partial charge in [-0.25, -0.2) is 13.1 Å². The van der Waals surface area contributed by atoms with Crippen LogP contribution in [0.15, 0.2) is 23.1 Å². The monoisotopic (exact) mass is 310 g/mol. The third kappa shape index (κ3) is 3.22. The third-order valence-corrected chi connectivity index (χ3v) is 5.79. The second-order valence-electron chi connectivity index (χ2n) is 6.14. The molecule has 3 rings (SSSR count). The zero-order valence-electron chi connectivity index (χ0n) is 12.2. The predicted octanol–water partition coefficient (Wildman–Crippen LogP) is 1.56. The Bertz CT molecular complexity index is 622. The van der Waals surface area contributed by atoms with Crippen molar-refractivity contribution in [2.45, 2.75) is 62.1 Å². The lowest BCUT2D eigenvalue weighted by atomic mass is 9.93. The van der Waals surface area contributed by atoms with E-state index in [-0.39, 0.29) is 18.2 Å². The first-order valence-corrected chi connectivity index (χ1v) is 9.00. The van der Waals surface area contributed by atoms with E-state index in [0.29, 0.717) is 4.90 Å². The fraction of sp³-hybridized carbons (Fsp3) is 0.600. The van der Waals surface area contributed by atoms with E-state index in [9.17, 15) is 8.42 Å². The Morgan fingerprint density at radius 2 is 1.95 bits per heavy atom. The molecule has 0 amide bonds. The van der Waals surface area contributed by atoms with Crippen LogP contribution >= 0.6 is 0 Å². The van der Waals surface area contributed by atoms with Gasteiger partial charge in [-0.2, -0.15) is 0 Å². The van der Waals surface area contributed by atoms with Gasteiger partial charge in [0.25, 0.3) is 0 Å². The van der Waals surface area contributed by atoms with E-state index in [1.165, 1.54) is 0 Å². The Morgan fingerprint density at radius 3 is 2.67 bits per heavy atom. The van der Waals surface area contributed by atoms with E-state index in [1.807, 2.05) is 6.92 Å². The lowest BCUT2D eigenvalue weighted by Crippen LogP contribution is -2.40. The molecule has 1 fully saturated rings. The van der Waals surface area contributed by atoms with Crippen LogP contribution < -0.4 is 15.2 Å². The lowest BCUT2D eigenvalue weighted by molar-refractivity contribution is 0.254. The molecule has 116 valence electrons. The van der Waals surface area contributed by atoms with Crippen LogP contribution in [0.4, 0.5) is 0 Å². The highest BCUT2D eigenvalue weighted by Gasteiger charge is 2.26. The van der Waals surface area contributed by atoms with Gasteiger partial charge in [-0.1, -0.05) is 0 Å². The summed E-state index contributed by atoms with van der Waals surface area (Å²) in [6, 6.07) is 5.32. The zero-order valence-corrected chi connectivity index (χ0v) is 13.0. The molecule has 6 heteroatoms. The van der Waals surface area contributed by atoms with Crippen LogP contribution in [0.1, 0.15) is 38.2 Å². The molecule has 21 heavy (non-hydrogen) atoms. The van der Waals surface area contributed by atoms with Crippen LogP contribution in [0.5, 0.6) is 5.75 Å². The fourth-order valence-corrected chi connectivity index (χ4v) is 4.45. The molecule has 3 N–H and O–H groups in total. The number of fused-ring (bicyclic) bond motifs is 1. The summed E-state index contributed by atoms with van der Waals surface area (Å²) >= 11 is 0. The van der Waals surface area contributed by atoms with Gasteiger partial charge in [0.05, 0.1) is 4.90 Å². The summed E-state index contributed by atoms with van der Waals surface area (Å²) in [6.07, 6.45) is 4.25. The van der Waals surface area contributed by atoms with E-state index < -0.39 is 10.0 Å². The van der Waals surface area contributed by atoms with Crippen molar-refractivity contribution in [3.8, 4) is 5.75 Å². The summed E-state index contributed by atoms with van der Waals surface area (Å²) in [5.74, 6) is 0.796. The number of rotatable bonds is 3. The first kappa shape index (κ1) is 14.8. The molecule has 1 aromatic rings. The van der Waals surface area contributed by atoms with E-state index in [0.717, 1.165) is 43.4 Å². The lowest BCUT2D eigenvalue weighted by Gasteiger charge is -2.26. The average Bonchev–Trinajstić information content (AvgIpc) is 2.80. The Balaban J connectivity index is 1.75. The maximum atomic E-state index is 12.5. The summed E-state index contributed by atoms with van der Waals surface area (Å²) in [7, 11) is -3.46. The molecular weight excluding hydrogens is 288 g/mol. The van der Waals surface area contributed by atoms with Crippen LogP contribution in [0, 0.1) is 0 Å². The van der Waals surface area contributed by atoms with Crippen LogP contribution in [0.25, 0.3) is 0 Å². The molecule has 0 bridgehead atoms.